The first-order chi connectivity index (χ1) is 4.63. The Balaban J connectivity index is 2.71. The molecule has 0 radical (unpaired) electrons. The second-order valence-electron chi connectivity index (χ2n) is 3.47. The molecule has 1 rings (SSSR count). The standard InChI is InChI=1S/C9H16O/c1-6-4-5-7(2)9(10)8(6)3/h5-6,8-10H,4H2,1-3H3/t6-,8+,9-/m0/s1. The molecule has 0 aromatic heterocycles. The molecule has 0 bridgehead atoms. The molecule has 0 aromatic carbocycles. The average Bonchev–Trinajstić information content (AvgIpc) is 1.93. The molecule has 1 nitrogen and oxygen atoms in total. The Morgan fingerprint density at radius 2 is 2.10 bits per heavy atom. The van der Waals surface area contributed by atoms with Crippen LogP contribution in [-0.2, 0) is 0 Å². The van der Waals surface area contributed by atoms with Gasteiger partial charge < -0.3 is 5.11 Å². The van der Waals surface area contributed by atoms with Gasteiger partial charge in [0.05, 0.1) is 6.10 Å². The van der Waals surface area contributed by atoms with Gasteiger partial charge in [-0.2, -0.15) is 0 Å². The molecule has 3 atom stereocenters. The summed E-state index contributed by atoms with van der Waals surface area (Å²) in [4.78, 5) is 0. The Bertz CT molecular complexity index is 149. The lowest BCUT2D eigenvalue weighted by atomic mass is 9.80. The van der Waals surface area contributed by atoms with Crippen molar-refractivity contribution >= 4 is 0 Å². The van der Waals surface area contributed by atoms with Gasteiger partial charge in [0.1, 0.15) is 0 Å². The number of hydrogen-bond donors (Lipinski definition) is 1. The van der Waals surface area contributed by atoms with Crippen LogP contribution in [0.25, 0.3) is 0 Å². The van der Waals surface area contributed by atoms with Crippen molar-refractivity contribution in [3.63, 3.8) is 0 Å². The molecule has 0 aromatic rings. The predicted octanol–water partition coefficient (Wildman–Crippen LogP) is 1.97. The largest absolute Gasteiger partial charge is 0.388 e. The Morgan fingerprint density at radius 1 is 1.50 bits per heavy atom. The van der Waals surface area contributed by atoms with Gasteiger partial charge in [-0.1, -0.05) is 19.9 Å². The molecule has 1 N–H and O–H groups in total. The zero-order valence-electron chi connectivity index (χ0n) is 6.96. The summed E-state index contributed by atoms with van der Waals surface area (Å²) in [5.74, 6) is 1.07. The summed E-state index contributed by atoms with van der Waals surface area (Å²) in [6, 6.07) is 0. The maximum Gasteiger partial charge on any atom is 0.0775 e. The van der Waals surface area contributed by atoms with Crippen molar-refractivity contribution in [2.24, 2.45) is 11.8 Å². The molecule has 1 aliphatic carbocycles. The summed E-state index contributed by atoms with van der Waals surface area (Å²) in [6.45, 7) is 6.32. The second kappa shape index (κ2) is 2.75. The van der Waals surface area contributed by atoms with E-state index in [0.717, 1.165) is 12.0 Å². The molecule has 58 valence electrons. The van der Waals surface area contributed by atoms with E-state index in [1.54, 1.807) is 0 Å². The highest BCUT2D eigenvalue weighted by atomic mass is 16.3. The Hall–Kier alpha value is -0.300. The number of aliphatic hydroxyl groups is 1. The highest BCUT2D eigenvalue weighted by molar-refractivity contribution is 5.10. The molecular formula is C9H16O. The van der Waals surface area contributed by atoms with Crippen molar-refractivity contribution in [2.75, 3.05) is 0 Å². The van der Waals surface area contributed by atoms with Crippen LogP contribution in [0, 0.1) is 11.8 Å². The van der Waals surface area contributed by atoms with Gasteiger partial charge in [0, 0.05) is 0 Å². The van der Waals surface area contributed by atoms with Gasteiger partial charge in [-0.25, -0.2) is 0 Å². The fourth-order valence-corrected chi connectivity index (χ4v) is 1.43. The first-order valence-electron chi connectivity index (χ1n) is 3.97. The normalized spacial score (nSPS) is 41.2. The molecule has 0 amide bonds. The molecule has 0 unspecified atom stereocenters. The zero-order chi connectivity index (χ0) is 7.72. The highest BCUT2D eigenvalue weighted by Gasteiger charge is 2.24. The van der Waals surface area contributed by atoms with Crippen molar-refractivity contribution in [3.8, 4) is 0 Å². The van der Waals surface area contributed by atoms with Crippen LogP contribution in [0.15, 0.2) is 11.6 Å². The first-order valence-corrected chi connectivity index (χ1v) is 3.97. The van der Waals surface area contributed by atoms with Crippen molar-refractivity contribution in [3.05, 3.63) is 11.6 Å². The number of hydrogen-bond acceptors (Lipinski definition) is 1. The summed E-state index contributed by atoms with van der Waals surface area (Å²) < 4.78 is 0. The smallest absolute Gasteiger partial charge is 0.0775 e. The Kier molecular flexibility index (Phi) is 2.14. The van der Waals surface area contributed by atoms with Crippen LogP contribution in [0.2, 0.25) is 0 Å². The topological polar surface area (TPSA) is 20.2 Å². The predicted molar refractivity (Wildman–Crippen MR) is 42.7 cm³/mol. The van der Waals surface area contributed by atoms with Crippen molar-refractivity contribution in [2.45, 2.75) is 33.3 Å². The van der Waals surface area contributed by atoms with E-state index in [1.807, 2.05) is 6.92 Å². The fourth-order valence-electron chi connectivity index (χ4n) is 1.43. The summed E-state index contributed by atoms with van der Waals surface area (Å²) >= 11 is 0. The van der Waals surface area contributed by atoms with Crippen LogP contribution < -0.4 is 0 Å². The third-order valence-corrected chi connectivity index (χ3v) is 2.67. The minimum atomic E-state index is -0.191. The van der Waals surface area contributed by atoms with Crippen LogP contribution >= 0.6 is 0 Å². The van der Waals surface area contributed by atoms with Gasteiger partial charge in [0.15, 0.2) is 0 Å². The Morgan fingerprint density at radius 3 is 2.60 bits per heavy atom. The van der Waals surface area contributed by atoms with Crippen molar-refractivity contribution in [1.29, 1.82) is 0 Å². The van der Waals surface area contributed by atoms with E-state index in [1.165, 1.54) is 0 Å². The molecule has 1 aliphatic rings. The molecule has 0 fully saturated rings. The molecule has 0 saturated carbocycles. The van der Waals surface area contributed by atoms with Crippen molar-refractivity contribution in [1.82, 2.24) is 0 Å². The first kappa shape index (κ1) is 7.80. The second-order valence-corrected chi connectivity index (χ2v) is 3.47. The van der Waals surface area contributed by atoms with Crippen LogP contribution in [0.1, 0.15) is 27.2 Å². The molecule has 0 saturated heterocycles. The fraction of sp³-hybridized carbons (Fsp3) is 0.778. The number of aliphatic hydroxyl groups excluding tert-OH is 1. The van der Waals surface area contributed by atoms with Gasteiger partial charge in [-0.05, 0) is 30.8 Å². The van der Waals surface area contributed by atoms with Gasteiger partial charge in [-0.15, -0.1) is 0 Å². The van der Waals surface area contributed by atoms with E-state index < -0.39 is 0 Å². The van der Waals surface area contributed by atoms with Gasteiger partial charge in [0.25, 0.3) is 0 Å². The van der Waals surface area contributed by atoms with E-state index in [-0.39, 0.29) is 6.10 Å². The molecule has 10 heavy (non-hydrogen) atoms. The maximum absolute atomic E-state index is 9.55. The average molecular weight is 140 g/mol. The van der Waals surface area contributed by atoms with E-state index >= 15 is 0 Å². The minimum absolute atomic E-state index is 0.191. The van der Waals surface area contributed by atoms with Gasteiger partial charge in [0.2, 0.25) is 0 Å². The SMILES string of the molecule is CC1=CC[C@H](C)[C@@H](C)[C@H]1O. The molecule has 1 heteroatoms. The lowest BCUT2D eigenvalue weighted by molar-refractivity contribution is 0.109. The van der Waals surface area contributed by atoms with E-state index in [4.69, 9.17) is 0 Å². The van der Waals surface area contributed by atoms with Gasteiger partial charge in [-0.3, -0.25) is 0 Å². The summed E-state index contributed by atoms with van der Waals surface area (Å²) in [6.07, 6.45) is 3.09. The summed E-state index contributed by atoms with van der Waals surface area (Å²) in [5, 5.41) is 9.55. The van der Waals surface area contributed by atoms with Crippen LogP contribution in [0.5, 0.6) is 0 Å². The lowest BCUT2D eigenvalue weighted by Crippen LogP contribution is -2.28. The lowest BCUT2D eigenvalue weighted by Gasteiger charge is -2.29. The van der Waals surface area contributed by atoms with Crippen LogP contribution in [0.4, 0.5) is 0 Å². The molecule has 0 aliphatic heterocycles. The van der Waals surface area contributed by atoms with Crippen LogP contribution in [0.3, 0.4) is 0 Å². The zero-order valence-corrected chi connectivity index (χ0v) is 6.96. The molecule has 0 spiro atoms. The number of rotatable bonds is 0. The number of allylic oxidation sites excluding steroid dienone is 1. The molecular weight excluding hydrogens is 124 g/mol. The third kappa shape index (κ3) is 1.24. The highest BCUT2D eigenvalue weighted by Crippen LogP contribution is 2.28. The summed E-state index contributed by atoms with van der Waals surface area (Å²) in [5.41, 5.74) is 1.14. The quantitative estimate of drug-likeness (QED) is 0.510. The monoisotopic (exact) mass is 140 g/mol. The Labute approximate surface area is 62.8 Å². The van der Waals surface area contributed by atoms with Crippen LogP contribution in [-0.4, -0.2) is 11.2 Å². The third-order valence-electron chi connectivity index (χ3n) is 2.67. The van der Waals surface area contributed by atoms with E-state index in [0.29, 0.717) is 11.8 Å². The van der Waals surface area contributed by atoms with E-state index in [9.17, 15) is 5.11 Å². The minimum Gasteiger partial charge on any atom is -0.388 e. The maximum atomic E-state index is 9.55. The summed E-state index contributed by atoms with van der Waals surface area (Å²) in [7, 11) is 0. The van der Waals surface area contributed by atoms with Crippen molar-refractivity contribution < 1.29 is 5.11 Å². The van der Waals surface area contributed by atoms with Gasteiger partial charge >= 0.3 is 0 Å². The molecule has 0 heterocycles. The van der Waals surface area contributed by atoms with E-state index in [2.05, 4.69) is 19.9 Å².